The van der Waals surface area contributed by atoms with Crippen LogP contribution in [0.1, 0.15) is 73.1 Å². The summed E-state index contributed by atoms with van der Waals surface area (Å²) in [6.45, 7) is 4.25. The third-order valence-corrected chi connectivity index (χ3v) is 6.16. The number of hydrogen-bond acceptors (Lipinski definition) is 3. The van der Waals surface area contributed by atoms with Crippen molar-refractivity contribution in [3.63, 3.8) is 0 Å². The lowest BCUT2D eigenvalue weighted by molar-refractivity contribution is 0.0524. The number of nitrogens with zero attached hydrogens (tertiary/aromatic N) is 2. The zero-order valence-electron chi connectivity index (χ0n) is 17.7. The highest BCUT2D eigenvalue weighted by atomic mass is 16.2. The molecule has 1 unspecified atom stereocenters. The van der Waals surface area contributed by atoms with Crippen molar-refractivity contribution in [3.8, 4) is 11.1 Å². The first-order valence-electron chi connectivity index (χ1n) is 11.0. The van der Waals surface area contributed by atoms with Gasteiger partial charge in [0.05, 0.1) is 0 Å². The normalized spacial score (nSPS) is 14.4. The van der Waals surface area contributed by atoms with Gasteiger partial charge in [0, 0.05) is 34.9 Å². The first-order chi connectivity index (χ1) is 14.7. The summed E-state index contributed by atoms with van der Waals surface area (Å²) in [5, 5.41) is 1.72. The quantitative estimate of drug-likeness (QED) is 0.332. The molecular formula is C26H28N2O2. The zero-order chi connectivity index (χ0) is 21.1. The Kier molecular flexibility index (Phi) is 5.93. The molecule has 30 heavy (non-hydrogen) atoms. The summed E-state index contributed by atoms with van der Waals surface area (Å²) >= 11 is 0. The topological polar surface area (TPSA) is 50.3 Å². The van der Waals surface area contributed by atoms with Crippen LogP contribution in [0.15, 0.2) is 54.9 Å². The van der Waals surface area contributed by atoms with Gasteiger partial charge in [0.1, 0.15) is 0 Å². The number of aromatic nitrogens is 1. The van der Waals surface area contributed by atoms with Gasteiger partial charge in [0.25, 0.3) is 11.8 Å². The Morgan fingerprint density at radius 2 is 1.53 bits per heavy atom. The number of imide groups is 1. The summed E-state index contributed by atoms with van der Waals surface area (Å²) in [4.78, 5) is 32.5. The second-order valence-corrected chi connectivity index (χ2v) is 8.02. The Labute approximate surface area is 177 Å². The standard InChI is InChI=1S/C26H28N2O2/c1-3-5-6-7-9-19(4-2)28-25(29)22-11-8-10-21-20(18-14-16-27-17-15-18)12-13-23(24(21)22)26(28)30/h8,10-17,19H,3-7,9H2,1-2H3. The molecule has 4 nitrogen and oxygen atoms in total. The van der Waals surface area contributed by atoms with Crippen LogP contribution in [0.4, 0.5) is 0 Å². The van der Waals surface area contributed by atoms with E-state index in [1.807, 2.05) is 42.5 Å². The number of carbonyl (C=O) groups is 2. The molecular weight excluding hydrogens is 372 g/mol. The van der Waals surface area contributed by atoms with Gasteiger partial charge in [0.2, 0.25) is 0 Å². The van der Waals surface area contributed by atoms with E-state index in [0.717, 1.165) is 47.6 Å². The molecule has 0 saturated carbocycles. The largest absolute Gasteiger partial charge is 0.271 e. The van der Waals surface area contributed by atoms with Crippen LogP contribution in [0.2, 0.25) is 0 Å². The third kappa shape index (κ3) is 3.51. The summed E-state index contributed by atoms with van der Waals surface area (Å²) in [5.74, 6) is -0.320. The fourth-order valence-corrected chi connectivity index (χ4v) is 4.55. The van der Waals surface area contributed by atoms with Crippen molar-refractivity contribution in [3.05, 3.63) is 66.0 Å². The van der Waals surface area contributed by atoms with Gasteiger partial charge in [-0.05, 0) is 53.6 Å². The van der Waals surface area contributed by atoms with Gasteiger partial charge < -0.3 is 0 Å². The van der Waals surface area contributed by atoms with Crippen LogP contribution in [0.25, 0.3) is 21.9 Å². The molecule has 1 atom stereocenters. The van der Waals surface area contributed by atoms with Crippen molar-refractivity contribution in [2.24, 2.45) is 0 Å². The Bertz CT molecular complexity index is 1050. The fourth-order valence-electron chi connectivity index (χ4n) is 4.55. The van der Waals surface area contributed by atoms with Crippen molar-refractivity contribution >= 4 is 22.6 Å². The lowest BCUT2D eigenvalue weighted by Gasteiger charge is -2.34. The first-order valence-corrected chi connectivity index (χ1v) is 11.0. The number of pyridine rings is 1. The van der Waals surface area contributed by atoms with Gasteiger partial charge in [-0.1, -0.05) is 57.7 Å². The highest BCUT2D eigenvalue weighted by molar-refractivity contribution is 6.27. The molecule has 0 saturated heterocycles. The molecule has 1 aliphatic rings. The van der Waals surface area contributed by atoms with Crippen LogP contribution < -0.4 is 0 Å². The minimum atomic E-state index is -0.160. The molecule has 0 N–H and O–H groups in total. The maximum Gasteiger partial charge on any atom is 0.261 e. The Balaban J connectivity index is 1.76. The summed E-state index contributed by atoms with van der Waals surface area (Å²) in [6, 6.07) is 13.5. The Morgan fingerprint density at radius 3 is 2.23 bits per heavy atom. The first kappa shape index (κ1) is 20.3. The molecule has 0 fully saturated rings. The average molecular weight is 401 g/mol. The lowest BCUT2D eigenvalue weighted by atomic mass is 9.88. The number of carbonyl (C=O) groups excluding carboxylic acids is 2. The van der Waals surface area contributed by atoms with Crippen LogP contribution in [0, 0.1) is 0 Å². The van der Waals surface area contributed by atoms with Crippen LogP contribution in [-0.4, -0.2) is 27.7 Å². The van der Waals surface area contributed by atoms with Gasteiger partial charge in [-0.2, -0.15) is 0 Å². The average Bonchev–Trinajstić information content (AvgIpc) is 2.79. The number of unbranched alkanes of at least 4 members (excludes halogenated alkanes) is 3. The third-order valence-electron chi connectivity index (χ3n) is 6.16. The molecule has 1 aliphatic heterocycles. The molecule has 1 aromatic heterocycles. The monoisotopic (exact) mass is 400 g/mol. The van der Waals surface area contributed by atoms with E-state index in [-0.39, 0.29) is 17.9 Å². The number of amides is 2. The van der Waals surface area contributed by atoms with E-state index in [1.54, 1.807) is 12.4 Å². The van der Waals surface area contributed by atoms with E-state index in [1.165, 1.54) is 17.7 Å². The number of benzene rings is 2. The van der Waals surface area contributed by atoms with Gasteiger partial charge >= 0.3 is 0 Å². The second kappa shape index (κ2) is 8.78. The molecule has 0 spiro atoms. The van der Waals surface area contributed by atoms with E-state index in [0.29, 0.717) is 11.1 Å². The molecule has 0 aliphatic carbocycles. The molecule has 2 aromatic carbocycles. The molecule has 3 aromatic rings. The van der Waals surface area contributed by atoms with Crippen LogP contribution >= 0.6 is 0 Å². The highest BCUT2D eigenvalue weighted by Crippen LogP contribution is 2.37. The van der Waals surface area contributed by atoms with Crippen LogP contribution in [-0.2, 0) is 0 Å². The Hall–Kier alpha value is -3.01. The SMILES string of the molecule is CCCCCCC(CC)N1C(=O)c2cccc3c(-c4ccncc4)ccc(c23)C1=O. The number of rotatable bonds is 8. The summed E-state index contributed by atoms with van der Waals surface area (Å²) in [7, 11) is 0. The lowest BCUT2D eigenvalue weighted by Crippen LogP contribution is -2.46. The summed E-state index contributed by atoms with van der Waals surface area (Å²) < 4.78 is 0. The number of hydrogen-bond donors (Lipinski definition) is 0. The fraction of sp³-hybridized carbons (Fsp3) is 0.346. The van der Waals surface area contributed by atoms with Gasteiger partial charge in [-0.15, -0.1) is 0 Å². The van der Waals surface area contributed by atoms with Crippen molar-refractivity contribution < 1.29 is 9.59 Å². The van der Waals surface area contributed by atoms with Gasteiger partial charge in [0.15, 0.2) is 0 Å². The van der Waals surface area contributed by atoms with Crippen LogP contribution in [0.5, 0.6) is 0 Å². The van der Waals surface area contributed by atoms with Crippen molar-refractivity contribution in [2.45, 2.75) is 58.4 Å². The van der Waals surface area contributed by atoms with Crippen molar-refractivity contribution in [1.82, 2.24) is 9.88 Å². The van der Waals surface area contributed by atoms with Gasteiger partial charge in [-0.25, -0.2) is 0 Å². The smallest absolute Gasteiger partial charge is 0.261 e. The summed E-state index contributed by atoms with van der Waals surface area (Å²) in [5.41, 5.74) is 3.30. The van der Waals surface area contributed by atoms with E-state index in [4.69, 9.17) is 0 Å². The second-order valence-electron chi connectivity index (χ2n) is 8.02. The van der Waals surface area contributed by atoms with E-state index in [9.17, 15) is 9.59 Å². The molecule has 154 valence electrons. The maximum atomic E-state index is 13.4. The predicted molar refractivity (Wildman–Crippen MR) is 121 cm³/mol. The van der Waals surface area contributed by atoms with Crippen LogP contribution in [0.3, 0.4) is 0 Å². The minimum Gasteiger partial charge on any atom is -0.271 e. The molecule has 4 rings (SSSR count). The van der Waals surface area contributed by atoms with Crippen molar-refractivity contribution in [1.29, 1.82) is 0 Å². The van der Waals surface area contributed by atoms with E-state index in [2.05, 4.69) is 18.8 Å². The molecule has 2 amide bonds. The molecule has 2 heterocycles. The zero-order valence-corrected chi connectivity index (χ0v) is 17.7. The van der Waals surface area contributed by atoms with Crippen molar-refractivity contribution in [2.75, 3.05) is 0 Å². The highest BCUT2D eigenvalue weighted by Gasteiger charge is 2.36. The predicted octanol–water partition coefficient (Wildman–Crippen LogP) is 6.25. The maximum absolute atomic E-state index is 13.4. The van der Waals surface area contributed by atoms with E-state index < -0.39 is 0 Å². The van der Waals surface area contributed by atoms with E-state index >= 15 is 0 Å². The Morgan fingerprint density at radius 1 is 0.833 bits per heavy atom. The molecule has 0 bridgehead atoms. The van der Waals surface area contributed by atoms with Gasteiger partial charge in [-0.3, -0.25) is 19.5 Å². The molecule has 4 heteroatoms. The molecule has 0 radical (unpaired) electrons. The minimum absolute atomic E-state index is 0.0508. The summed E-state index contributed by atoms with van der Waals surface area (Å²) in [6.07, 6.45) is 9.72.